The van der Waals surface area contributed by atoms with Gasteiger partial charge in [0.15, 0.2) is 0 Å². The highest BCUT2D eigenvalue weighted by Gasteiger charge is 2.49. The quantitative estimate of drug-likeness (QED) is 0.869. The van der Waals surface area contributed by atoms with Crippen LogP contribution < -0.4 is 5.32 Å². The van der Waals surface area contributed by atoms with Crippen molar-refractivity contribution >= 4 is 17.8 Å². The van der Waals surface area contributed by atoms with Gasteiger partial charge in [-0.2, -0.15) is 0 Å². The number of likely N-dealkylation sites (tertiary alicyclic amines) is 1. The molecular weight excluding hydrogens is 298 g/mol. The van der Waals surface area contributed by atoms with Crippen LogP contribution in [0.2, 0.25) is 0 Å². The van der Waals surface area contributed by atoms with Crippen LogP contribution in [0, 0.1) is 0 Å². The molecule has 1 aromatic rings. The number of benzene rings is 1. The lowest BCUT2D eigenvalue weighted by atomic mass is 10.0. The molecule has 0 radical (unpaired) electrons. The molecule has 23 heavy (non-hydrogen) atoms. The summed E-state index contributed by atoms with van der Waals surface area (Å²) in [5, 5.41) is 2.84. The van der Waals surface area contributed by atoms with Crippen LogP contribution in [0.3, 0.4) is 0 Å². The zero-order chi connectivity index (χ0) is 16.4. The van der Waals surface area contributed by atoms with Crippen molar-refractivity contribution in [3.8, 4) is 0 Å². The molecule has 2 atom stereocenters. The first-order chi connectivity index (χ1) is 11.1. The van der Waals surface area contributed by atoms with E-state index >= 15 is 0 Å². The molecule has 122 valence electrons. The van der Waals surface area contributed by atoms with E-state index in [4.69, 9.17) is 4.74 Å². The average molecular weight is 317 g/mol. The summed E-state index contributed by atoms with van der Waals surface area (Å²) in [6.45, 7) is 0.576. The number of ether oxygens (including phenoxy) is 1. The number of nitrogens with one attached hydrogen (secondary N) is 1. The SMILES string of the molecule is COCC(=O)N1CC[C@@H]2NC(=O)N(Cc3ccccc3)C(=O)[C@H]21. The molecule has 4 amide bonds. The zero-order valence-corrected chi connectivity index (χ0v) is 12.9. The Morgan fingerprint density at radius 3 is 2.74 bits per heavy atom. The predicted octanol–water partition coefficient (Wildman–Crippen LogP) is 0.354. The summed E-state index contributed by atoms with van der Waals surface area (Å²) >= 11 is 0. The van der Waals surface area contributed by atoms with Crippen LogP contribution in [0.5, 0.6) is 0 Å². The molecule has 2 saturated heterocycles. The number of urea groups is 1. The third-order valence-corrected chi connectivity index (χ3v) is 4.24. The first-order valence-corrected chi connectivity index (χ1v) is 7.56. The van der Waals surface area contributed by atoms with Gasteiger partial charge in [-0.25, -0.2) is 4.79 Å². The highest BCUT2D eigenvalue weighted by Crippen LogP contribution is 2.25. The molecule has 0 bridgehead atoms. The summed E-state index contributed by atoms with van der Waals surface area (Å²) in [4.78, 5) is 39.8. The third-order valence-electron chi connectivity index (χ3n) is 4.24. The first-order valence-electron chi connectivity index (χ1n) is 7.56. The second-order valence-corrected chi connectivity index (χ2v) is 5.72. The monoisotopic (exact) mass is 317 g/mol. The molecule has 0 aliphatic carbocycles. The average Bonchev–Trinajstić information content (AvgIpc) is 2.96. The summed E-state index contributed by atoms with van der Waals surface area (Å²) < 4.78 is 4.87. The van der Waals surface area contributed by atoms with E-state index in [-0.39, 0.29) is 31.0 Å². The largest absolute Gasteiger partial charge is 0.375 e. The Morgan fingerprint density at radius 2 is 2.04 bits per heavy atom. The van der Waals surface area contributed by atoms with Crippen molar-refractivity contribution in [3.05, 3.63) is 35.9 Å². The van der Waals surface area contributed by atoms with Crippen molar-refractivity contribution in [1.82, 2.24) is 15.1 Å². The van der Waals surface area contributed by atoms with Crippen LogP contribution in [0.15, 0.2) is 30.3 Å². The van der Waals surface area contributed by atoms with Crippen LogP contribution in [0.1, 0.15) is 12.0 Å². The molecular formula is C16H19N3O4. The Hall–Kier alpha value is -2.41. The van der Waals surface area contributed by atoms with Gasteiger partial charge < -0.3 is 15.0 Å². The van der Waals surface area contributed by atoms with Crippen molar-refractivity contribution in [3.63, 3.8) is 0 Å². The summed E-state index contributed by atoms with van der Waals surface area (Å²) in [5.41, 5.74) is 0.863. The molecule has 0 saturated carbocycles. The van der Waals surface area contributed by atoms with Crippen LogP contribution in [0.25, 0.3) is 0 Å². The van der Waals surface area contributed by atoms with Gasteiger partial charge in [0, 0.05) is 13.7 Å². The van der Waals surface area contributed by atoms with Gasteiger partial charge in [-0.05, 0) is 12.0 Å². The number of methoxy groups -OCH3 is 1. The fourth-order valence-electron chi connectivity index (χ4n) is 3.15. The molecule has 2 aliphatic rings. The maximum atomic E-state index is 12.8. The smallest absolute Gasteiger partial charge is 0.324 e. The molecule has 2 fully saturated rings. The number of fused-ring (bicyclic) bond motifs is 1. The van der Waals surface area contributed by atoms with E-state index in [0.717, 1.165) is 5.56 Å². The lowest BCUT2D eigenvalue weighted by Gasteiger charge is -2.36. The molecule has 0 spiro atoms. The Balaban J connectivity index is 1.79. The molecule has 1 aromatic carbocycles. The molecule has 1 N–H and O–H groups in total. The number of amides is 4. The van der Waals surface area contributed by atoms with E-state index < -0.39 is 12.1 Å². The lowest BCUT2D eigenvalue weighted by Crippen LogP contribution is -2.64. The maximum absolute atomic E-state index is 12.8. The Kier molecular flexibility index (Phi) is 4.29. The molecule has 0 unspecified atom stereocenters. The normalized spacial score (nSPS) is 23.7. The van der Waals surface area contributed by atoms with E-state index in [9.17, 15) is 14.4 Å². The summed E-state index contributed by atoms with van der Waals surface area (Å²) in [6.07, 6.45) is 0.580. The van der Waals surface area contributed by atoms with Crippen molar-refractivity contribution in [2.24, 2.45) is 0 Å². The van der Waals surface area contributed by atoms with E-state index in [1.54, 1.807) is 0 Å². The first kappa shape index (κ1) is 15.5. The van der Waals surface area contributed by atoms with E-state index in [1.807, 2.05) is 30.3 Å². The minimum atomic E-state index is -0.640. The van der Waals surface area contributed by atoms with Crippen molar-refractivity contribution in [2.75, 3.05) is 20.3 Å². The van der Waals surface area contributed by atoms with Gasteiger partial charge in [0.2, 0.25) is 5.91 Å². The number of rotatable bonds is 4. The third kappa shape index (κ3) is 2.92. The standard InChI is InChI=1S/C16H19N3O4/c1-23-10-13(20)18-8-7-12-14(18)15(21)19(16(22)17-12)9-11-5-3-2-4-6-11/h2-6,12,14H,7-10H2,1H3,(H,17,22)/t12-,14-/m0/s1. The molecule has 7 nitrogen and oxygen atoms in total. The number of carbonyl (C=O) groups is 3. The highest BCUT2D eigenvalue weighted by atomic mass is 16.5. The number of hydrogen-bond donors (Lipinski definition) is 1. The fourth-order valence-corrected chi connectivity index (χ4v) is 3.15. The van der Waals surface area contributed by atoms with Crippen molar-refractivity contribution < 1.29 is 19.1 Å². The van der Waals surface area contributed by atoms with E-state index in [2.05, 4.69) is 5.32 Å². The van der Waals surface area contributed by atoms with Gasteiger partial charge >= 0.3 is 6.03 Å². The molecule has 2 heterocycles. The minimum absolute atomic E-state index is 0.0663. The van der Waals surface area contributed by atoms with Gasteiger partial charge in [0.25, 0.3) is 5.91 Å². The predicted molar refractivity (Wildman–Crippen MR) is 81.3 cm³/mol. The summed E-state index contributed by atoms with van der Waals surface area (Å²) in [6, 6.07) is 7.94. The van der Waals surface area contributed by atoms with Gasteiger partial charge in [-0.3, -0.25) is 14.5 Å². The van der Waals surface area contributed by atoms with Crippen LogP contribution in [-0.4, -0.2) is 60.0 Å². The molecule has 3 rings (SSSR count). The molecule has 0 aromatic heterocycles. The Labute approximate surface area is 134 Å². The minimum Gasteiger partial charge on any atom is -0.375 e. The number of hydrogen-bond acceptors (Lipinski definition) is 4. The van der Waals surface area contributed by atoms with Gasteiger partial charge in [-0.15, -0.1) is 0 Å². The summed E-state index contributed by atoms with van der Waals surface area (Å²) in [7, 11) is 1.44. The van der Waals surface area contributed by atoms with Gasteiger partial charge in [0.05, 0.1) is 12.6 Å². The zero-order valence-electron chi connectivity index (χ0n) is 12.9. The van der Waals surface area contributed by atoms with Gasteiger partial charge in [-0.1, -0.05) is 30.3 Å². The van der Waals surface area contributed by atoms with Crippen LogP contribution in [0.4, 0.5) is 4.79 Å². The maximum Gasteiger partial charge on any atom is 0.324 e. The van der Waals surface area contributed by atoms with Crippen molar-refractivity contribution in [2.45, 2.75) is 25.0 Å². The summed E-state index contributed by atoms with van der Waals surface area (Å²) in [5.74, 6) is -0.561. The number of carbonyl (C=O) groups excluding carboxylic acids is 3. The second kappa shape index (κ2) is 6.37. The van der Waals surface area contributed by atoms with Crippen molar-refractivity contribution in [1.29, 1.82) is 0 Å². The number of nitrogens with zero attached hydrogens (tertiary/aromatic N) is 2. The second-order valence-electron chi connectivity index (χ2n) is 5.72. The fraction of sp³-hybridized carbons (Fsp3) is 0.438. The van der Waals surface area contributed by atoms with E-state index in [0.29, 0.717) is 13.0 Å². The van der Waals surface area contributed by atoms with E-state index in [1.165, 1.54) is 16.9 Å². The Morgan fingerprint density at radius 1 is 1.30 bits per heavy atom. The lowest BCUT2D eigenvalue weighted by molar-refractivity contribution is -0.146. The number of imide groups is 1. The van der Waals surface area contributed by atoms with Gasteiger partial charge in [0.1, 0.15) is 12.6 Å². The molecule has 2 aliphatic heterocycles. The highest BCUT2D eigenvalue weighted by molar-refractivity contribution is 6.02. The van der Waals surface area contributed by atoms with Crippen LogP contribution in [-0.2, 0) is 20.9 Å². The van der Waals surface area contributed by atoms with Crippen LogP contribution >= 0.6 is 0 Å². The topological polar surface area (TPSA) is 79.0 Å². The molecule has 7 heteroatoms. The Bertz CT molecular complexity index is 619.